The van der Waals surface area contributed by atoms with E-state index in [0.717, 1.165) is 0 Å². The molecule has 26 heavy (non-hydrogen) atoms. The summed E-state index contributed by atoms with van der Waals surface area (Å²) < 4.78 is 26.9. The van der Waals surface area contributed by atoms with Crippen LogP contribution in [0.5, 0.6) is 0 Å². The normalized spacial score (nSPS) is 15.9. The maximum atomic E-state index is 13.9. The lowest BCUT2D eigenvalue weighted by molar-refractivity contribution is 0.0450. The molecule has 0 aromatic heterocycles. The number of amides is 1. The fraction of sp³-hybridized carbons (Fsp3) is 0.200. The van der Waals surface area contributed by atoms with Gasteiger partial charge in [0.1, 0.15) is 11.6 Å². The van der Waals surface area contributed by atoms with E-state index in [1.807, 2.05) is 0 Å². The van der Waals surface area contributed by atoms with Gasteiger partial charge < -0.3 is 9.74 Å². The second-order valence-corrected chi connectivity index (χ2v) is 5.96. The van der Waals surface area contributed by atoms with Crippen molar-refractivity contribution in [2.24, 2.45) is 5.16 Å². The van der Waals surface area contributed by atoms with Gasteiger partial charge in [0.2, 0.25) is 0 Å². The average Bonchev–Trinajstić information content (AvgIpc) is 3.10. The summed E-state index contributed by atoms with van der Waals surface area (Å²) in [6.07, 6.45) is 1.62. The zero-order chi connectivity index (χ0) is 18.5. The van der Waals surface area contributed by atoms with E-state index in [1.165, 1.54) is 30.3 Å². The van der Waals surface area contributed by atoms with Gasteiger partial charge in [-0.05, 0) is 30.3 Å². The molecule has 2 aromatic carbocycles. The fourth-order valence-electron chi connectivity index (χ4n) is 2.80. The van der Waals surface area contributed by atoms with Crippen LogP contribution in [0.1, 0.15) is 22.3 Å². The van der Waals surface area contributed by atoms with E-state index in [2.05, 4.69) is 11.7 Å². The van der Waals surface area contributed by atoms with Crippen LogP contribution in [0.4, 0.5) is 8.78 Å². The average molecular weight is 356 g/mol. The number of rotatable bonds is 6. The molecule has 0 N–H and O–H groups in total. The third kappa shape index (κ3) is 3.96. The largest absolute Gasteiger partial charge is 0.390 e. The Balaban J connectivity index is 1.68. The van der Waals surface area contributed by atoms with Gasteiger partial charge in [-0.2, -0.15) is 0 Å². The van der Waals surface area contributed by atoms with E-state index >= 15 is 0 Å². The third-order valence-electron chi connectivity index (χ3n) is 4.07. The number of hydrogen-bond donors (Lipinski definition) is 0. The monoisotopic (exact) mass is 356 g/mol. The Bertz CT molecular complexity index is 834. The molecule has 4 nitrogen and oxygen atoms in total. The standard InChI is InChI=1S/C20H18F2N2O2/c1-2-11-24(20(25)14-7-9-15(21)10-8-14)13-16-12-19(23-26-16)17-5-3-4-6-18(17)22/h2-10,16H,1,11-13H2. The maximum Gasteiger partial charge on any atom is 0.254 e. The van der Waals surface area contributed by atoms with E-state index in [0.29, 0.717) is 29.8 Å². The molecule has 0 aliphatic carbocycles. The van der Waals surface area contributed by atoms with E-state index in [9.17, 15) is 13.6 Å². The number of hydrogen-bond acceptors (Lipinski definition) is 3. The molecule has 134 valence electrons. The fourth-order valence-corrected chi connectivity index (χ4v) is 2.80. The first-order valence-electron chi connectivity index (χ1n) is 8.22. The molecule has 0 saturated carbocycles. The Hall–Kier alpha value is -3.02. The molecule has 6 heteroatoms. The highest BCUT2D eigenvalue weighted by Crippen LogP contribution is 2.20. The smallest absolute Gasteiger partial charge is 0.254 e. The Morgan fingerprint density at radius 2 is 1.96 bits per heavy atom. The minimum atomic E-state index is -0.404. The highest BCUT2D eigenvalue weighted by atomic mass is 19.1. The molecule has 0 radical (unpaired) electrons. The minimum absolute atomic E-state index is 0.257. The lowest BCUT2D eigenvalue weighted by Crippen LogP contribution is -2.37. The molecule has 0 saturated heterocycles. The van der Waals surface area contributed by atoms with Crippen molar-refractivity contribution < 1.29 is 18.4 Å². The van der Waals surface area contributed by atoms with Crippen LogP contribution in [-0.2, 0) is 4.84 Å². The first-order valence-corrected chi connectivity index (χ1v) is 8.22. The van der Waals surface area contributed by atoms with Crippen molar-refractivity contribution in [3.63, 3.8) is 0 Å². The van der Waals surface area contributed by atoms with Gasteiger partial charge in [-0.1, -0.05) is 29.4 Å². The molecule has 0 fully saturated rings. The van der Waals surface area contributed by atoms with Gasteiger partial charge in [-0.3, -0.25) is 4.79 Å². The minimum Gasteiger partial charge on any atom is -0.390 e. The molecule has 3 rings (SSSR count). The van der Waals surface area contributed by atoms with Crippen molar-refractivity contribution >= 4 is 11.6 Å². The Morgan fingerprint density at radius 3 is 2.65 bits per heavy atom. The van der Waals surface area contributed by atoms with Crippen molar-refractivity contribution in [3.05, 3.63) is 83.9 Å². The molecule has 1 unspecified atom stereocenters. The zero-order valence-electron chi connectivity index (χ0n) is 14.1. The number of carbonyl (C=O) groups excluding carboxylic acids is 1. The highest BCUT2D eigenvalue weighted by Gasteiger charge is 2.27. The Morgan fingerprint density at radius 1 is 1.23 bits per heavy atom. The van der Waals surface area contributed by atoms with E-state index in [-0.39, 0.29) is 24.4 Å². The second kappa shape index (κ2) is 7.91. The summed E-state index contributed by atoms with van der Waals surface area (Å²) in [6, 6.07) is 11.7. The molecule has 1 aliphatic rings. The molecular weight excluding hydrogens is 338 g/mol. The zero-order valence-corrected chi connectivity index (χ0v) is 14.1. The van der Waals surface area contributed by atoms with Crippen molar-refractivity contribution in [1.29, 1.82) is 0 Å². The van der Waals surface area contributed by atoms with Crippen molar-refractivity contribution in [3.8, 4) is 0 Å². The van der Waals surface area contributed by atoms with E-state index in [4.69, 9.17) is 4.84 Å². The van der Waals surface area contributed by atoms with Gasteiger partial charge >= 0.3 is 0 Å². The quantitative estimate of drug-likeness (QED) is 0.739. The van der Waals surface area contributed by atoms with Crippen molar-refractivity contribution in [1.82, 2.24) is 4.90 Å². The van der Waals surface area contributed by atoms with Gasteiger partial charge in [0.15, 0.2) is 6.10 Å². The van der Waals surface area contributed by atoms with Gasteiger partial charge in [0.05, 0.1) is 12.3 Å². The third-order valence-corrected chi connectivity index (χ3v) is 4.07. The summed E-state index contributed by atoms with van der Waals surface area (Å²) in [5, 5.41) is 3.97. The van der Waals surface area contributed by atoms with Crippen LogP contribution in [0.3, 0.4) is 0 Å². The van der Waals surface area contributed by atoms with Crippen LogP contribution in [0.25, 0.3) is 0 Å². The predicted molar refractivity (Wildman–Crippen MR) is 94.9 cm³/mol. The van der Waals surface area contributed by atoms with Crippen LogP contribution in [0.15, 0.2) is 66.3 Å². The van der Waals surface area contributed by atoms with Crippen LogP contribution in [0.2, 0.25) is 0 Å². The van der Waals surface area contributed by atoms with Crippen molar-refractivity contribution in [2.75, 3.05) is 13.1 Å². The maximum absolute atomic E-state index is 13.9. The molecule has 0 spiro atoms. The number of carbonyl (C=O) groups is 1. The number of halogens is 2. The first-order chi connectivity index (χ1) is 12.6. The van der Waals surface area contributed by atoms with Gasteiger partial charge in [0.25, 0.3) is 5.91 Å². The summed E-state index contributed by atoms with van der Waals surface area (Å²) in [5.74, 6) is -1.02. The van der Waals surface area contributed by atoms with E-state index < -0.39 is 5.82 Å². The number of nitrogens with zero attached hydrogens (tertiary/aromatic N) is 2. The molecule has 1 heterocycles. The second-order valence-electron chi connectivity index (χ2n) is 5.96. The predicted octanol–water partition coefficient (Wildman–Crippen LogP) is 3.79. The molecule has 0 bridgehead atoms. The summed E-state index contributed by atoms with van der Waals surface area (Å²) >= 11 is 0. The lowest BCUT2D eigenvalue weighted by Gasteiger charge is -2.23. The number of benzene rings is 2. The Labute approximate surface area is 150 Å². The molecule has 2 aromatic rings. The van der Waals surface area contributed by atoms with Crippen LogP contribution in [0, 0.1) is 11.6 Å². The van der Waals surface area contributed by atoms with Crippen LogP contribution >= 0.6 is 0 Å². The van der Waals surface area contributed by atoms with Gasteiger partial charge in [0, 0.05) is 24.1 Å². The SMILES string of the molecule is C=CCN(CC1CC(c2ccccc2F)=NO1)C(=O)c1ccc(F)cc1. The summed E-state index contributed by atoms with van der Waals surface area (Å²) in [4.78, 5) is 19.6. The highest BCUT2D eigenvalue weighted by molar-refractivity contribution is 6.01. The summed E-state index contributed by atoms with van der Waals surface area (Å²) in [7, 11) is 0. The van der Waals surface area contributed by atoms with Gasteiger partial charge in [-0.15, -0.1) is 6.58 Å². The topological polar surface area (TPSA) is 41.9 Å². The molecule has 1 amide bonds. The molecule has 1 atom stereocenters. The van der Waals surface area contributed by atoms with Crippen LogP contribution in [-0.4, -0.2) is 35.7 Å². The Kier molecular flexibility index (Phi) is 5.41. The first kappa shape index (κ1) is 17.8. The number of oxime groups is 1. The molecular formula is C20H18F2N2O2. The van der Waals surface area contributed by atoms with Crippen molar-refractivity contribution in [2.45, 2.75) is 12.5 Å². The van der Waals surface area contributed by atoms with Gasteiger partial charge in [-0.25, -0.2) is 8.78 Å². The van der Waals surface area contributed by atoms with E-state index in [1.54, 1.807) is 29.2 Å². The summed E-state index contributed by atoms with van der Waals surface area (Å²) in [5.41, 5.74) is 1.29. The lowest BCUT2D eigenvalue weighted by atomic mass is 10.0. The summed E-state index contributed by atoms with van der Waals surface area (Å²) in [6.45, 7) is 4.24. The molecule has 1 aliphatic heterocycles. The van der Waals surface area contributed by atoms with Crippen LogP contribution < -0.4 is 0 Å².